The van der Waals surface area contributed by atoms with Crippen LogP contribution in [0.15, 0.2) is 60.0 Å². The third-order valence-corrected chi connectivity index (χ3v) is 5.27. The summed E-state index contributed by atoms with van der Waals surface area (Å²) in [4.78, 5) is 23.9. The van der Waals surface area contributed by atoms with Crippen LogP contribution < -0.4 is 10.9 Å². The molecule has 0 unspecified atom stereocenters. The molecule has 0 aliphatic heterocycles. The molecule has 0 aromatic heterocycles. The normalized spacial score (nSPS) is 11.5. The van der Waals surface area contributed by atoms with Crippen LogP contribution in [0, 0.1) is 0 Å². The van der Waals surface area contributed by atoms with Gasteiger partial charge in [0.2, 0.25) is 10.0 Å². The fraction of sp³-hybridized carbons (Fsp3) is 0.111. The van der Waals surface area contributed by atoms with E-state index >= 15 is 0 Å². The molecular weight excluding hydrogens is 390 g/mol. The maximum atomic E-state index is 12.2. The van der Waals surface area contributed by atoms with Gasteiger partial charge in [-0.3, -0.25) is 20.4 Å². The Morgan fingerprint density at radius 2 is 1.67 bits per heavy atom. The highest BCUT2D eigenvalue weighted by molar-refractivity contribution is 7.92. The van der Waals surface area contributed by atoms with Crippen molar-refractivity contribution >= 4 is 39.5 Å². The number of nitrogens with one attached hydrogen (secondary N) is 2. The lowest BCUT2D eigenvalue weighted by Gasteiger charge is -2.15. The molecule has 0 radical (unpaired) electrons. The summed E-state index contributed by atoms with van der Waals surface area (Å²) in [6, 6.07) is 15.2. The van der Waals surface area contributed by atoms with Gasteiger partial charge in [-0.1, -0.05) is 54.1 Å². The summed E-state index contributed by atoms with van der Waals surface area (Å²) in [6.45, 7) is -0.468. The maximum absolute atomic E-state index is 12.2. The summed E-state index contributed by atoms with van der Waals surface area (Å²) in [5.74, 6) is -1.31. The summed E-state index contributed by atoms with van der Waals surface area (Å²) < 4.78 is 25.3. The molecule has 0 bridgehead atoms. The van der Waals surface area contributed by atoms with Crippen molar-refractivity contribution in [2.75, 3.05) is 13.6 Å². The molecule has 7 nitrogen and oxygen atoms in total. The van der Waals surface area contributed by atoms with Crippen LogP contribution in [0.2, 0.25) is 5.02 Å². The minimum Gasteiger partial charge on any atom is -0.272 e. The molecule has 0 aliphatic rings. The SMILES string of the molecule is CN(CC(=O)NNC(=O)c1ccccc1Cl)S(=O)(=O)/C=C/c1ccccc1. The summed E-state index contributed by atoms with van der Waals surface area (Å²) in [6.07, 6.45) is 1.43. The van der Waals surface area contributed by atoms with E-state index in [1.807, 2.05) is 6.07 Å². The molecular formula is C18H18ClN3O4S. The standard InChI is InChI=1S/C18H18ClN3O4S/c1-22(27(25,26)12-11-14-7-3-2-4-8-14)13-17(23)20-21-18(24)15-9-5-6-10-16(15)19/h2-12H,13H2,1H3,(H,20,23)(H,21,24)/b12-11+. The van der Waals surface area contributed by atoms with Crippen LogP contribution in [0.25, 0.3) is 6.08 Å². The number of halogens is 1. The van der Waals surface area contributed by atoms with E-state index in [1.54, 1.807) is 36.4 Å². The molecule has 142 valence electrons. The van der Waals surface area contributed by atoms with Crippen LogP contribution in [0.4, 0.5) is 0 Å². The van der Waals surface area contributed by atoms with E-state index in [9.17, 15) is 18.0 Å². The summed E-state index contributed by atoms with van der Waals surface area (Å²) >= 11 is 5.90. The Labute approximate surface area is 162 Å². The van der Waals surface area contributed by atoms with E-state index in [0.717, 1.165) is 9.71 Å². The number of benzene rings is 2. The van der Waals surface area contributed by atoms with Crippen molar-refractivity contribution in [1.29, 1.82) is 0 Å². The quantitative estimate of drug-likeness (QED) is 0.716. The topological polar surface area (TPSA) is 95.6 Å². The predicted molar refractivity (Wildman–Crippen MR) is 104 cm³/mol. The summed E-state index contributed by atoms with van der Waals surface area (Å²) in [5.41, 5.74) is 5.25. The van der Waals surface area contributed by atoms with Gasteiger partial charge in [-0.15, -0.1) is 0 Å². The lowest BCUT2D eigenvalue weighted by molar-refractivity contribution is -0.121. The number of hydrogen-bond acceptors (Lipinski definition) is 4. The Balaban J connectivity index is 1.90. The monoisotopic (exact) mass is 407 g/mol. The molecule has 27 heavy (non-hydrogen) atoms. The minimum absolute atomic E-state index is 0.186. The van der Waals surface area contributed by atoms with E-state index in [0.29, 0.717) is 5.56 Å². The van der Waals surface area contributed by atoms with E-state index in [4.69, 9.17) is 11.6 Å². The molecule has 0 fully saturated rings. The number of hydrazine groups is 1. The lowest BCUT2D eigenvalue weighted by Crippen LogP contribution is -2.46. The third kappa shape index (κ3) is 6.21. The average Bonchev–Trinajstić information content (AvgIpc) is 2.65. The fourth-order valence-electron chi connectivity index (χ4n) is 2.00. The molecule has 0 saturated carbocycles. The fourth-order valence-corrected chi connectivity index (χ4v) is 3.06. The van der Waals surface area contributed by atoms with E-state index in [1.165, 1.54) is 25.3 Å². The van der Waals surface area contributed by atoms with Crippen molar-refractivity contribution in [2.45, 2.75) is 0 Å². The van der Waals surface area contributed by atoms with Crippen molar-refractivity contribution in [3.05, 3.63) is 76.2 Å². The van der Waals surface area contributed by atoms with Gasteiger partial charge < -0.3 is 0 Å². The van der Waals surface area contributed by atoms with Gasteiger partial charge in [0, 0.05) is 12.5 Å². The number of likely N-dealkylation sites (N-methyl/N-ethyl adjacent to an activating group) is 1. The molecule has 9 heteroatoms. The van der Waals surface area contributed by atoms with Gasteiger partial charge in [-0.05, 0) is 23.8 Å². The van der Waals surface area contributed by atoms with Crippen molar-refractivity contribution in [3.63, 3.8) is 0 Å². The highest BCUT2D eigenvalue weighted by atomic mass is 35.5. The van der Waals surface area contributed by atoms with Crippen molar-refractivity contribution in [1.82, 2.24) is 15.2 Å². The first-order valence-electron chi connectivity index (χ1n) is 7.83. The number of carbonyl (C=O) groups excluding carboxylic acids is 2. The maximum Gasteiger partial charge on any atom is 0.271 e. The highest BCUT2D eigenvalue weighted by Gasteiger charge is 2.18. The van der Waals surface area contributed by atoms with Gasteiger partial charge in [0.05, 0.1) is 17.1 Å². The Morgan fingerprint density at radius 3 is 2.33 bits per heavy atom. The second-order valence-corrected chi connectivity index (χ2v) is 7.83. The van der Waals surface area contributed by atoms with Crippen LogP contribution in [-0.2, 0) is 14.8 Å². The van der Waals surface area contributed by atoms with Gasteiger partial charge in [0.25, 0.3) is 11.8 Å². The molecule has 2 rings (SSSR count). The molecule has 0 heterocycles. The number of sulfonamides is 1. The van der Waals surface area contributed by atoms with Gasteiger partial charge in [-0.25, -0.2) is 8.42 Å². The minimum atomic E-state index is -3.79. The zero-order valence-electron chi connectivity index (χ0n) is 14.4. The second kappa shape index (κ2) is 9.31. The van der Waals surface area contributed by atoms with Crippen molar-refractivity contribution < 1.29 is 18.0 Å². The van der Waals surface area contributed by atoms with E-state index < -0.39 is 28.4 Å². The Morgan fingerprint density at radius 1 is 1.04 bits per heavy atom. The molecule has 2 N–H and O–H groups in total. The zero-order valence-corrected chi connectivity index (χ0v) is 16.0. The van der Waals surface area contributed by atoms with Crippen LogP contribution in [0.5, 0.6) is 0 Å². The number of nitrogens with zero attached hydrogens (tertiary/aromatic N) is 1. The Bertz CT molecular complexity index is 946. The first-order valence-corrected chi connectivity index (χ1v) is 9.71. The predicted octanol–water partition coefficient (Wildman–Crippen LogP) is 2.03. The molecule has 0 spiro atoms. The Kier molecular flexibility index (Phi) is 7.12. The number of rotatable bonds is 6. The molecule has 0 atom stereocenters. The van der Waals surface area contributed by atoms with Gasteiger partial charge in [0.1, 0.15) is 0 Å². The number of hydrogen-bond donors (Lipinski definition) is 2. The van der Waals surface area contributed by atoms with E-state index in [2.05, 4.69) is 10.9 Å². The smallest absolute Gasteiger partial charge is 0.271 e. The molecule has 2 aromatic rings. The van der Waals surface area contributed by atoms with Crippen LogP contribution in [0.1, 0.15) is 15.9 Å². The van der Waals surface area contributed by atoms with Crippen molar-refractivity contribution in [3.8, 4) is 0 Å². The number of amides is 2. The van der Waals surface area contributed by atoms with Gasteiger partial charge in [0.15, 0.2) is 0 Å². The number of carbonyl (C=O) groups is 2. The summed E-state index contributed by atoms with van der Waals surface area (Å²) in [5, 5.41) is 1.24. The Hall–Kier alpha value is -2.68. The van der Waals surface area contributed by atoms with Gasteiger partial charge in [-0.2, -0.15) is 4.31 Å². The molecule has 2 amide bonds. The first kappa shape index (κ1) is 20.6. The highest BCUT2D eigenvalue weighted by Crippen LogP contribution is 2.14. The summed E-state index contributed by atoms with van der Waals surface area (Å²) in [7, 11) is -2.53. The molecule has 0 saturated heterocycles. The second-order valence-electron chi connectivity index (χ2n) is 5.50. The molecule has 2 aromatic carbocycles. The van der Waals surface area contributed by atoms with Crippen LogP contribution in [0.3, 0.4) is 0 Å². The third-order valence-electron chi connectivity index (χ3n) is 3.47. The molecule has 0 aliphatic carbocycles. The van der Waals surface area contributed by atoms with Crippen LogP contribution >= 0.6 is 11.6 Å². The first-order chi connectivity index (χ1) is 12.8. The van der Waals surface area contributed by atoms with Crippen LogP contribution in [-0.4, -0.2) is 38.1 Å². The zero-order chi connectivity index (χ0) is 19.9. The largest absolute Gasteiger partial charge is 0.272 e. The lowest BCUT2D eigenvalue weighted by atomic mass is 10.2. The van der Waals surface area contributed by atoms with Crippen molar-refractivity contribution in [2.24, 2.45) is 0 Å². The van der Waals surface area contributed by atoms with Gasteiger partial charge >= 0.3 is 0 Å². The van der Waals surface area contributed by atoms with E-state index in [-0.39, 0.29) is 10.6 Å². The average molecular weight is 408 g/mol.